The summed E-state index contributed by atoms with van der Waals surface area (Å²) < 4.78 is 20.1. The minimum Gasteiger partial charge on any atom is -0.442 e. The van der Waals surface area contributed by atoms with Gasteiger partial charge in [0.05, 0.1) is 31.7 Å². The summed E-state index contributed by atoms with van der Waals surface area (Å²) >= 11 is 0. The van der Waals surface area contributed by atoms with Crippen LogP contribution in [0.3, 0.4) is 0 Å². The molecule has 0 spiro atoms. The van der Waals surface area contributed by atoms with E-state index in [1.54, 1.807) is 24.3 Å². The molecule has 12 heteroatoms. The molecular formula is C22H26FN7O4. The Balaban J connectivity index is 1.61. The Kier molecular flexibility index (Phi) is 8.09. The molecule has 1 saturated heterocycles. The molecule has 1 atom stereocenters. The largest absolute Gasteiger partial charge is 0.442 e. The number of cyclic esters (lactones) is 1. The van der Waals surface area contributed by atoms with Gasteiger partial charge < -0.3 is 26.0 Å². The van der Waals surface area contributed by atoms with Crippen LogP contribution in [-0.2, 0) is 14.3 Å². The molecule has 2 heterocycles. The molecule has 0 bridgehead atoms. The summed E-state index contributed by atoms with van der Waals surface area (Å²) in [6.45, 7) is 2.19. The zero-order valence-electron chi connectivity index (χ0n) is 18.6. The van der Waals surface area contributed by atoms with E-state index in [-0.39, 0.29) is 38.0 Å². The number of halogens is 1. The lowest BCUT2D eigenvalue weighted by Gasteiger charge is -2.16. The predicted molar refractivity (Wildman–Crippen MR) is 124 cm³/mol. The van der Waals surface area contributed by atoms with Crippen LogP contribution in [0, 0.1) is 11.2 Å². The van der Waals surface area contributed by atoms with Crippen LogP contribution >= 0.6 is 0 Å². The van der Waals surface area contributed by atoms with Crippen molar-refractivity contribution in [2.45, 2.75) is 13.0 Å². The highest BCUT2D eigenvalue weighted by molar-refractivity contribution is 5.90. The van der Waals surface area contributed by atoms with Gasteiger partial charge in [0.2, 0.25) is 11.8 Å². The molecule has 0 aliphatic carbocycles. The molecule has 1 fully saturated rings. The summed E-state index contributed by atoms with van der Waals surface area (Å²) in [5.74, 6) is -0.588. The molecule has 3 amide bonds. The maximum Gasteiger partial charge on any atom is 0.414 e. The summed E-state index contributed by atoms with van der Waals surface area (Å²) in [5, 5.41) is 12.9. The first-order valence-corrected chi connectivity index (χ1v) is 10.5. The Hall–Kier alpha value is -4.06. The molecule has 5 N–H and O–H groups in total. The standard InChI is InChI=1S/C22H26FN7O4/c1-14(31)27-11-17-12-30(22(33)34-17)16-3-4-18(19(23)8-16)15-2-5-20(28-10-15)26-6-7-29(13-25)21(32)9-24/h2-5,8,10,13,17,25H,6-7,9,11-12,24H2,1H3,(H,26,28)(H,27,31). The van der Waals surface area contributed by atoms with E-state index in [0.29, 0.717) is 29.2 Å². The van der Waals surface area contributed by atoms with Gasteiger partial charge in [-0.2, -0.15) is 0 Å². The van der Waals surface area contributed by atoms with Gasteiger partial charge in [-0.05, 0) is 30.3 Å². The Bertz CT molecular complexity index is 1060. The highest BCUT2D eigenvalue weighted by Gasteiger charge is 2.32. The first kappa shape index (κ1) is 24.6. The Morgan fingerprint density at radius 2 is 2.18 bits per heavy atom. The molecule has 1 unspecified atom stereocenters. The first-order chi connectivity index (χ1) is 16.3. The van der Waals surface area contributed by atoms with Crippen LogP contribution in [0.2, 0.25) is 0 Å². The van der Waals surface area contributed by atoms with E-state index in [4.69, 9.17) is 15.9 Å². The monoisotopic (exact) mass is 471 g/mol. The van der Waals surface area contributed by atoms with Gasteiger partial charge in [0.15, 0.2) is 0 Å². The maximum absolute atomic E-state index is 14.9. The second kappa shape index (κ2) is 11.2. The maximum atomic E-state index is 14.9. The Morgan fingerprint density at radius 1 is 1.38 bits per heavy atom. The first-order valence-electron chi connectivity index (χ1n) is 10.5. The molecule has 0 radical (unpaired) electrons. The van der Waals surface area contributed by atoms with Crippen molar-refractivity contribution < 1.29 is 23.5 Å². The number of nitrogens with two attached hydrogens (primary N) is 1. The van der Waals surface area contributed by atoms with Gasteiger partial charge in [-0.25, -0.2) is 14.2 Å². The van der Waals surface area contributed by atoms with Gasteiger partial charge in [-0.3, -0.25) is 19.9 Å². The van der Waals surface area contributed by atoms with Gasteiger partial charge in [-0.1, -0.05) is 0 Å². The summed E-state index contributed by atoms with van der Waals surface area (Å²) in [7, 11) is 0. The molecule has 1 aromatic heterocycles. The second-order valence-electron chi connectivity index (χ2n) is 7.50. The van der Waals surface area contributed by atoms with Crippen molar-refractivity contribution in [1.29, 1.82) is 5.41 Å². The average molecular weight is 471 g/mol. The molecule has 34 heavy (non-hydrogen) atoms. The smallest absolute Gasteiger partial charge is 0.414 e. The van der Waals surface area contributed by atoms with E-state index in [9.17, 15) is 18.8 Å². The highest BCUT2D eigenvalue weighted by atomic mass is 19.1. The number of ether oxygens (including phenoxy) is 1. The van der Waals surface area contributed by atoms with Crippen molar-refractivity contribution in [3.63, 3.8) is 0 Å². The minimum atomic E-state index is -0.602. The van der Waals surface area contributed by atoms with E-state index in [0.717, 1.165) is 6.34 Å². The summed E-state index contributed by atoms with van der Waals surface area (Å²) in [4.78, 5) is 41.5. The fourth-order valence-electron chi connectivity index (χ4n) is 3.34. The zero-order chi connectivity index (χ0) is 24.7. The van der Waals surface area contributed by atoms with Crippen molar-refractivity contribution in [1.82, 2.24) is 15.2 Å². The third-order valence-electron chi connectivity index (χ3n) is 5.10. The van der Waals surface area contributed by atoms with E-state index in [1.165, 1.54) is 29.0 Å². The SMILES string of the molecule is CC(=O)NCC1CN(c2ccc(-c3ccc(NCCN(C=N)C(=O)CN)nc3)c(F)c2)C(=O)O1. The molecule has 11 nitrogen and oxygen atoms in total. The summed E-state index contributed by atoms with van der Waals surface area (Å²) in [6.07, 6.45) is 1.32. The number of carbonyl (C=O) groups excluding carboxylic acids is 3. The summed E-state index contributed by atoms with van der Waals surface area (Å²) in [6, 6.07) is 7.80. The molecule has 2 aromatic rings. The predicted octanol–water partition coefficient (Wildman–Crippen LogP) is 1.16. The van der Waals surface area contributed by atoms with E-state index in [1.807, 2.05) is 0 Å². The third-order valence-corrected chi connectivity index (χ3v) is 5.10. The number of aromatic nitrogens is 1. The van der Waals surface area contributed by atoms with Crippen LogP contribution in [0.4, 0.5) is 20.7 Å². The number of anilines is 2. The van der Waals surface area contributed by atoms with Gasteiger partial charge in [0.1, 0.15) is 17.7 Å². The van der Waals surface area contributed by atoms with Crippen molar-refractivity contribution in [2.24, 2.45) is 5.73 Å². The lowest BCUT2D eigenvalue weighted by atomic mass is 10.1. The van der Waals surface area contributed by atoms with Crippen LogP contribution in [0.25, 0.3) is 11.1 Å². The van der Waals surface area contributed by atoms with Crippen molar-refractivity contribution >= 4 is 35.8 Å². The molecule has 3 rings (SSSR count). The van der Waals surface area contributed by atoms with Crippen molar-refractivity contribution in [3.05, 3.63) is 42.3 Å². The second-order valence-corrected chi connectivity index (χ2v) is 7.50. The van der Waals surface area contributed by atoms with Gasteiger partial charge >= 0.3 is 6.09 Å². The third kappa shape index (κ3) is 6.04. The van der Waals surface area contributed by atoms with Gasteiger partial charge in [0, 0.05) is 37.3 Å². The van der Waals surface area contributed by atoms with Crippen molar-refractivity contribution in [2.75, 3.05) is 42.9 Å². The normalized spacial score (nSPS) is 15.0. The van der Waals surface area contributed by atoms with Crippen molar-refractivity contribution in [3.8, 4) is 11.1 Å². The molecule has 1 aliphatic heterocycles. The van der Waals surface area contributed by atoms with E-state index < -0.39 is 18.0 Å². The van der Waals surface area contributed by atoms with Crippen LogP contribution in [-0.4, -0.2) is 73.0 Å². The number of amides is 3. The molecule has 1 aromatic carbocycles. The minimum absolute atomic E-state index is 0.177. The van der Waals surface area contributed by atoms with Gasteiger partial charge in [0.25, 0.3) is 0 Å². The lowest BCUT2D eigenvalue weighted by Crippen LogP contribution is -2.37. The fourth-order valence-corrected chi connectivity index (χ4v) is 3.34. The quantitative estimate of drug-likeness (QED) is 0.299. The van der Waals surface area contributed by atoms with Crippen LogP contribution in [0.15, 0.2) is 36.5 Å². The highest BCUT2D eigenvalue weighted by Crippen LogP contribution is 2.29. The number of hydrogen-bond donors (Lipinski definition) is 4. The number of nitrogens with one attached hydrogen (secondary N) is 3. The van der Waals surface area contributed by atoms with E-state index >= 15 is 0 Å². The van der Waals surface area contributed by atoms with Crippen LogP contribution < -0.4 is 21.3 Å². The molecule has 1 aliphatic rings. The summed E-state index contributed by atoms with van der Waals surface area (Å²) in [5.41, 5.74) is 6.51. The van der Waals surface area contributed by atoms with Crippen LogP contribution in [0.5, 0.6) is 0 Å². The molecular weight excluding hydrogens is 445 g/mol. The number of pyridine rings is 1. The Labute approximate surface area is 195 Å². The molecule has 0 saturated carbocycles. The molecule has 180 valence electrons. The Morgan fingerprint density at radius 3 is 2.79 bits per heavy atom. The lowest BCUT2D eigenvalue weighted by molar-refractivity contribution is -0.125. The number of carbonyl (C=O) groups is 3. The fraction of sp³-hybridized carbons (Fsp3) is 0.318. The number of hydrogen-bond acceptors (Lipinski definition) is 8. The van der Waals surface area contributed by atoms with E-state index in [2.05, 4.69) is 15.6 Å². The number of benzene rings is 1. The average Bonchev–Trinajstić information content (AvgIpc) is 3.21. The van der Waals surface area contributed by atoms with Gasteiger partial charge in [-0.15, -0.1) is 0 Å². The van der Waals surface area contributed by atoms with Crippen LogP contribution in [0.1, 0.15) is 6.92 Å². The zero-order valence-corrected chi connectivity index (χ0v) is 18.6. The topological polar surface area (TPSA) is 154 Å². The number of nitrogens with zero attached hydrogens (tertiary/aromatic N) is 3. The number of rotatable bonds is 10.